The largest absolute Gasteiger partial charge is 0.427 e. The van der Waals surface area contributed by atoms with E-state index in [-0.39, 0.29) is 0 Å². The van der Waals surface area contributed by atoms with E-state index in [1.54, 1.807) is 0 Å². The first-order valence-corrected chi connectivity index (χ1v) is 4.34. The molecule has 0 unspecified atom stereocenters. The maximum atomic E-state index is 12.4. The summed E-state index contributed by atoms with van der Waals surface area (Å²) in [5, 5.41) is 10.9. The number of amides is 4. The van der Waals surface area contributed by atoms with Crippen LogP contribution in [0.4, 0.5) is 31.1 Å². The molecule has 0 bridgehead atoms. The van der Waals surface area contributed by atoms with E-state index in [1.807, 2.05) is 0 Å². The van der Waals surface area contributed by atoms with Crippen LogP contribution in [0, 0.1) is 5.92 Å². The van der Waals surface area contributed by atoms with Crippen molar-refractivity contribution in [2.75, 3.05) is 0 Å². The highest BCUT2D eigenvalue weighted by Gasteiger charge is 2.77. The number of aliphatic hydroxyl groups is 1. The van der Waals surface area contributed by atoms with Crippen molar-refractivity contribution in [3.63, 3.8) is 0 Å². The number of carbonyl (C=O) groups is 3. The van der Waals surface area contributed by atoms with Crippen molar-refractivity contribution < 1.29 is 45.8 Å². The van der Waals surface area contributed by atoms with E-state index in [4.69, 9.17) is 5.11 Å². The van der Waals surface area contributed by atoms with Gasteiger partial charge in [0.15, 0.2) is 5.92 Å². The van der Waals surface area contributed by atoms with Crippen LogP contribution in [0.1, 0.15) is 0 Å². The van der Waals surface area contributed by atoms with Crippen LogP contribution >= 0.6 is 0 Å². The maximum absolute atomic E-state index is 12.4. The van der Waals surface area contributed by atoms with Crippen LogP contribution in [0.25, 0.3) is 0 Å². The fourth-order valence-electron chi connectivity index (χ4n) is 1.39. The Morgan fingerprint density at radius 1 is 0.842 bits per heavy atom. The molecule has 12 heteroatoms. The smallest absolute Gasteiger partial charge is 0.373 e. The molecule has 0 spiro atoms. The number of hydrogen-bond donors (Lipinski definition) is 3. The first-order chi connectivity index (χ1) is 8.32. The number of halogens is 6. The number of alkyl halides is 6. The summed E-state index contributed by atoms with van der Waals surface area (Å²) in [6.07, 6.45) is -12.7. The van der Waals surface area contributed by atoms with Crippen molar-refractivity contribution in [1.82, 2.24) is 10.6 Å². The predicted octanol–water partition coefficient (Wildman–Crippen LogP) is -0.176. The van der Waals surface area contributed by atoms with E-state index < -0.39 is 41.7 Å². The highest BCUT2D eigenvalue weighted by molar-refractivity contribution is 6.17. The molecular formula is C7H4F6N2O4. The number of urea groups is 1. The molecule has 108 valence electrons. The summed E-state index contributed by atoms with van der Waals surface area (Å²) in [5.74, 6) is -7.98. The van der Waals surface area contributed by atoms with E-state index in [0.29, 0.717) is 0 Å². The molecule has 0 atom stereocenters. The third-order valence-electron chi connectivity index (χ3n) is 2.28. The standard InChI is InChI=1S/C7H4F6N2O4/c8-6(9,10)5(19,7(11,12)13)1-2(16)14-4(18)15-3(1)17/h1,19H,(H2,14,15,16,17,18). The van der Waals surface area contributed by atoms with Gasteiger partial charge in [0.05, 0.1) is 0 Å². The lowest BCUT2D eigenvalue weighted by atomic mass is 9.83. The summed E-state index contributed by atoms with van der Waals surface area (Å²) in [6, 6.07) is -1.59. The molecule has 1 fully saturated rings. The minimum atomic E-state index is -6.36. The lowest BCUT2D eigenvalue weighted by molar-refractivity contribution is -0.377. The molecule has 4 amide bonds. The Balaban J connectivity index is 3.39. The van der Waals surface area contributed by atoms with E-state index in [0.717, 1.165) is 10.6 Å². The Hall–Kier alpha value is -1.85. The molecule has 19 heavy (non-hydrogen) atoms. The van der Waals surface area contributed by atoms with Gasteiger partial charge in [0, 0.05) is 0 Å². The van der Waals surface area contributed by atoms with Crippen LogP contribution < -0.4 is 10.6 Å². The van der Waals surface area contributed by atoms with Gasteiger partial charge in [0.1, 0.15) is 0 Å². The summed E-state index contributed by atoms with van der Waals surface area (Å²) in [5.41, 5.74) is -5.60. The van der Waals surface area contributed by atoms with Crippen molar-refractivity contribution in [2.24, 2.45) is 5.92 Å². The van der Waals surface area contributed by atoms with Gasteiger partial charge in [-0.25, -0.2) is 4.79 Å². The zero-order valence-electron chi connectivity index (χ0n) is 8.52. The van der Waals surface area contributed by atoms with Gasteiger partial charge < -0.3 is 5.11 Å². The van der Waals surface area contributed by atoms with Gasteiger partial charge in [-0.05, 0) is 0 Å². The molecule has 1 aliphatic heterocycles. The van der Waals surface area contributed by atoms with Crippen LogP contribution in [0.3, 0.4) is 0 Å². The van der Waals surface area contributed by atoms with Gasteiger partial charge in [-0.15, -0.1) is 0 Å². The molecule has 0 saturated carbocycles. The fourth-order valence-corrected chi connectivity index (χ4v) is 1.39. The second-order valence-electron chi connectivity index (χ2n) is 3.50. The molecule has 0 aliphatic carbocycles. The van der Waals surface area contributed by atoms with E-state index in [1.165, 1.54) is 0 Å². The quantitative estimate of drug-likeness (QED) is 0.462. The Morgan fingerprint density at radius 2 is 1.16 bits per heavy atom. The van der Waals surface area contributed by atoms with Gasteiger partial charge in [0.2, 0.25) is 11.8 Å². The van der Waals surface area contributed by atoms with Gasteiger partial charge >= 0.3 is 18.4 Å². The van der Waals surface area contributed by atoms with E-state index >= 15 is 0 Å². The van der Waals surface area contributed by atoms with Crippen molar-refractivity contribution in [3.05, 3.63) is 0 Å². The van der Waals surface area contributed by atoms with E-state index in [2.05, 4.69) is 0 Å². The molecule has 0 aromatic carbocycles. The van der Waals surface area contributed by atoms with Crippen molar-refractivity contribution in [2.45, 2.75) is 18.0 Å². The van der Waals surface area contributed by atoms with Crippen LogP contribution in [-0.2, 0) is 9.59 Å². The Bertz CT molecular complexity index is 408. The van der Waals surface area contributed by atoms with Gasteiger partial charge in [-0.1, -0.05) is 0 Å². The van der Waals surface area contributed by atoms with Gasteiger partial charge in [0.25, 0.3) is 5.60 Å². The Morgan fingerprint density at radius 3 is 1.42 bits per heavy atom. The molecule has 1 saturated heterocycles. The Kier molecular flexibility index (Phi) is 3.26. The zero-order chi connectivity index (χ0) is 15.2. The second kappa shape index (κ2) is 4.08. The summed E-state index contributed by atoms with van der Waals surface area (Å²) in [6.45, 7) is 0. The lowest BCUT2D eigenvalue weighted by Crippen LogP contribution is -2.71. The summed E-state index contributed by atoms with van der Waals surface area (Å²) < 4.78 is 74.5. The predicted molar refractivity (Wildman–Crippen MR) is 42.2 cm³/mol. The zero-order valence-corrected chi connectivity index (χ0v) is 8.52. The van der Waals surface area contributed by atoms with Crippen LogP contribution in [0.5, 0.6) is 0 Å². The normalized spacial score (nSPS) is 19.2. The Labute approximate surface area is 99.3 Å². The average molecular weight is 294 g/mol. The highest BCUT2D eigenvalue weighted by atomic mass is 19.4. The molecule has 0 aromatic rings. The van der Waals surface area contributed by atoms with Crippen LogP contribution in [-0.4, -0.2) is 40.9 Å². The number of rotatable bonds is 1. The summed E-state index contributed by atoms with van der Waals surface area (Å²) >= 11 is 0. The number of imide groups is 2. The topological polar surface area (TPSA) is 95.5 Å². The monoisotopic (exact) mass is 294 g/mol. The van der Waals surface area contributed by atoms with Crippen molar-refractivity contribution in [3.8, 4) is 0 Å². The van der Waals surface area contributed by atoms with Crippen LogP contribution in [0.2, 0.25) is 0 Å². The molecule has 1 rings (SSSR count). The van der Waals surface area contributed by atoms with Gasteiger partial charge in [-0.2, -0.15) is 26.3 Å². The molecular weight excluding hydrogens is 290 g/mol. The third-order valence-corrected chi connectivity index (χ3v) is 2.28. The third kappa shape index (κ3) is 2.22. The van der Waals surface area contributed by atoms with E-state index in [9.17, 15) is 40.7 Å². The van der Waals surface area contributed by atoms with Gasteiger partial charge in [-0.3, -0.25) is 20.2 Å². The minimum Gasteiger partial charge on any atom is -0.373 e. The number of carbonyl (C=O) groups excluding carboxylic acids is 3. The highest BCUT2D eigenvalue weighted by Crippen LogP contribution is 2.48. The van der Waals surface area contributed by atoms with Crippen molar-refractivity contribution >= 4 is 17.8 Å². The second-order valence-corrected chi connectivity index (χ2v) is 3.50. The number of nitrogens with one attached hydrogen (secondary N) is 2. The van der Waals surface area contributed by atoms with Crippen molar-refractivity contribution in [1.29, 1.82) is 0 Å². The first kappa shape index (κ1) is 15.2. The molecule has 3 N–H and O–H groups in total. The average Bonchev–Trinajstić information content (AvgIpc) is 2.11. The minimum absolute atomic E-state index is 1.04. The fraction of sp³-hybridized carbons (Fsp3) is 0.571. The lowest BCUT2D eigenvalue weighted by Gasteiger charge is -2.38. The number of hydrogen-bond acceptors (Lipinski definition) is 4. The summed E-state index contributed by atoms with van der Waals surface area (Å²) in [7, 11) is 0. The van der Waals surface area contributed by atoms with Crippen LogP contribution in [0.15, 0.2) is 0 Å². The SMILES string of the molecule is O=C1NC(=O)C(C(O)(C(F)(F)F)C(F)(F)F)C(=O)N1. The molecule has 0 radical (unpaired) electrons. The maximum Gasteiger partial charge on any atom is 0.427 e. The molecule has 1 aliphatic rings. The molecule has 0 aromatic heterocycles. The number of barbiturate groups is 1. The molecule has 6 nitrogen and oxygen atoms in total. The summed E-state index contributed by atoms with van der Waals surface area (Å²) in [4.78, 5) is 32.6. The first-order valence-electron chi connectivity index (χ1n) is 4.34. The molecule has 1 heterocycles.